The van der Waals surface area contributed by atoms with E-state index in [-0.39, 0.29) is 11.9 Å². The molecule has 3 aromatic heterocycles. The van der Waals surface area contributed by atoms with Gasteiger partial charge in [-0.1, -0.05) is 30.5 Å². The lowest BCUT2D eigenvalue weighted by molar-refractivity contribution is 0.354. The van der Waals surface area contributed by atoms with Crippen molar-refractivity contribution in [2.75, 3.05) is 24.2 Å². The van der Waals surface area contributed by atoms with Crippen LogP contribution in [0.3, 0.4) is 0 Å². The van der Waals surface area contributed by atoms with Crippen LogP contribution in [0, 0.1) is 5.82 Å². The van der Waals surface area contributed by atoms with Gasteiger partial charge in [-0.2, -0.15) is 0 Å². The quantitative estimate of drug-likeness (QED) is 0.561. The fourth-order valence-corrected chi connectivity index (χ4v) is 4.49. The number of hydrogen-bond donors (Lipinski definition) is 2. The highest BCUT2D eigenvalue weighted by Gasteiger charge is 2.22. The Labute approximate surface area is 172 Å². The molecule has 0 bridgehead atoms. The average Bonchev–Trinajstić information content (AvgIpc) is 3.11. The van der Waals surface area contributed by atoms with Gasteiger partial charge in [0.25, 0.3) is 0 Å². The molecule has 1 atom stereocenters. The van der Waals surface area contributed by atoms with E-state index in [1.165, 1.54) is 6.20 Å². The molecule has 0 aromatic carbocycles. The van der Waals surface area contributed by atoms with E-state index in [4.69, 9.17) is 11.6 Å². The van der Waals surface area contributed by atoms with E-state index in [9.17, 15) is 4.39 Å². The topological polar surface area (TPSA) is 69.7 Å². The van der Waals surface area contributed by atoms with Gasteiger partial charge >= 0.3 is 0 Å². The van der Waals surface area contributed by atoms with Gasteiger partial charge in [-0.3, -0.25) is 0 Å². The lowest BCUT2D eigenvalue weighted by Gasteiger charge is -2.32. The highest BCUT2D eigenvalue weighted by atomic mass is 35.5. The summed E-state index contributed by atoms with van der Waals surface area (Å²) in [5, 5.41) is 4.62. The van der Waals surface area contributed by atoms with Gasteiger partial charge < -0.3 is 10.3 Å². The molecule has 1 fully saturated rings. The summed E-state index contributed by atoms with van der Waals surface area (Å²) < 4.78 is 16.8. The zero-order chi connectivity index (χ0) is 19.5. The SMILES string of the molecule is CCCSN1CCCC(Nc2nc(-c3c[nH]c4ncc(Cl)cc34)ncc2F)C1. The number of rotatable bonds is 6. The van der Waals surface area contributed by atoms with E-state index in [1.54, 1.807) is 18.5 Å². The lowest BCUT2D eigenvalue weighted by atomic mass is 10.1. The van der Waals surface area contributed by atoms with Gasteiger partial charge in [-0.05, 0) is 25.3 Å². The Morgan fingerprint density at radius 3 is 3.14 bits per heavy atom. The highest BCUT2D eigenvalue weighted by Crippen LogP contribution is 2.29. The minimum Gasteiger partial charge on any atom is -0.363 e. The van der Waals surface area contributed by atoms with Gasteiger partial charge in [0, 0.05) is 48.2 Å². The van der Waals surface area contributed by atoms with Crippen molar-refractivity contribution >= 4 is 40.4 Å². The zero-order valence-corrected chi connectivity index (χ0v) is 17.2. The van der Waals surface area contributed by atoms with E-state index < -0.39 is 5.82 Å². The molecule has 0 amide bonds. The molecule has 0 spiro atoms. The first-order valence-electron chi connectivity index (χ1n) is 9.44. The summed E-state index contributed by atoms with van der Waals surface area (Å²) in [4.78, 5) is 16.0. The van der Waals surface area contributed by atoms with Crippen LogP contribution in [0.15, 0.2) is 24.7 Å². The van der Waals surface area contributed by atoms with E-state index in [1.807, 2.05) is 11.9 Å². The van der Waals surface area contributed by atoms with Crippen molar-refractivity contribution in [1.29, 1.82) is 0 Å². The zero-order valence-electron chi connectivity index (χ0n) is 15.6. The van der Waals surface area contributed by atoms with Gasteiger partial charge in [0.15, 0.2) is 17.5 Å². The Morgan fingerprint density at radius 2 is 2.29 bits per heavy atom. The average molecular weight is 421 g/mol. The molecule has 1 unspecified atom stereocenters. The van der Waals surface area contributed by atoms with Gasteiger partial charge in [0.2, 0.25) is 0 Å². The first-order chi connectivity index (χ1) is 13.6. The monoisotopic (exact) mass is 420 g/mol. The maximum absolute atomic E-state index is 14.4. The first-order valence-corrected chi connectivity index (χ1v) is 10.8. The fraction of sp³-hybridized carbons (Fsp3) is 0.421. The number of fused-ring (bicyclic) bond motifs is 1. The maximum atomic E-state index is 14.4. The third-order valence-corrected chi connectivity index (χ3v) is 6.18. The van der Waals surface area contributed by atoms with Gasteiger partial charge in [0.1, 0.15) is 5.65 Å². The van der Waals surface area contributed by atoms with Gasteiger partial charge in [-0.15, -0.1) is 0 Å². The van der Waals surface area contributed by atoms with Crippen molar-refractivity contribution in [3.8, 4) is 11.4 Å². The van der Waals surface area contributed by atoms with Crippen LogP contribution in [0.4, 0.5) is 10.2 Å². The maximum Gasteiger partial charge on any atom is 0.183 e. The summed E-state index contributed by atoms with van der Waals surface area (Å²) in [7, 11) is 0. The number of nitrogens with zero attached hydrogens (tertiary/aromatic N) is 4. The molecule has 1 aliphatic heterocycles. The number of aromatic amines is 1. The van der Waals surface area contributed by atoms with Crippen molar-refractivity contribution in [2.24, 2.45) is 0 Å². The van der Waals surface area contributed by atoms with Crippen molar-refractivity contribution < 1.29 is 4.39 Å². The van der Waals surface area contributed by atoms with Crippen LogP contribution in [0.5, 0.6) is 0 Å². The smallest absolute Gasteiger partial charge is 0.183 e. The van der Waals surface area contributed by atoms with Gasteiger partial charge in [0.05, 0.1) is 11.2 Å². The number of nitrogens with one attached hydrogen (secondary N) is 2. The molecule has 1 saturated heterocycles. The van der Waals surface area contributed by atoms with Crippen LogP contribution in [0.25, 0.3) is 22.4 Å². The van der Waals surface area contributed by atoms with Crippen molar-refractivity contribution in [3.05, 3.63) is 35.5 Å². The molecule has 28 heavy (non-hydrogen) atoms. The van der Waals surface area contributed by atoms with E-state index in [0.29, 0.717) is 16.5 Å². The third kappa shape index (κ3) is 4.24. The number of aromatic nitrogens is 4. The third-order valence-electron chi connectivity index (χ3n) is 4.69. The predicted octanol–water partition coefficient (Wildman–Crippen LogP) is 4.75. The molecule has 0 radical (unpaired) electrons. The van der Waals surface area contributed by atoms with Crippen molar-refractivity contribution in [2.45, 2.75) is 32.2 Å². The molecule has 4 heterocycles. The van der Waals surface area contributed by atoms with Crippen LogP contribution < -0.4 is 5.32 Å². The number of halogens is 2. The normalized spacial score (nSPS) is 17.9. The molecule has 0 aliphatic carbocycles. The Balaban J connectivity index is 1.56. The summed E-state index contributed by atoms with van der Waals surface area (Å²) >= 11 is 7.94. The number of hydrogen-bond acceptors (Lipinski definition) is 6. The largest absolute Gasteiger partial charge is 0.363 e. The Bertz CT molecular complexity index is 965. The van der Waals surface area contributed by atoms with Crippen LogP contribution in [-0.2, 0) is 0 Å². The molecular formula is C19H22ClFN6S. The molecule has 148 valence electrons. The summed E-state index contributed by atoms with van der Waals surface area (Å²) in [6, 6.07) is 1.97. The minimum atomic E-state index is -0.446. The summed E-state index contributed by atoms with van der Waals surface area (Å²) in [6.07, 6.45) is 7.79. The van der Waals surface area contributed by atoms with Crippen molar-refractivity contribution in [1.82, 2.24) is 24.2 Å². The number of pyridine rings is 1. The van der Waals surface area contributed by atoms with E-state index >= 15 is 0 Å². The summed E-state index contributed by atoms with van der Waals surface area (Å²) in [5.74, 6) is 1.34. The molecule has 4 rings (SSSR count). The van der Waals surface area contributed by atoms with E-state index in [0.717, 1.165) is 49.1 Å². The fourth-order valence-electron chi connectivity index (χ4n) is 3.35. The standard InChI is InChI=1S/C19H22ClFN6S/c1-2-6-28-27-5-3-4-13(11-27)25-19-16(21)10-24-18(26-19)15-9-23-17-14(15)7-12(20)8-22-17/h7-10,13H,2-6,11H2,1H3,(H,22,23)(H,24,25,26). The van der Waals surface area contributed by atoms with Gasteiger partial charge in [-0.25, -0.2) is 23.6 Å². The van der Waals surface area contributed by atoms with Crippen LogP contribution in [0.2, 0.25) is 5.02 Å². The molecule has 1 aliphatic rings. The molecule has 0 saturated carbocycles. The second-order valence-corrected chi connectivity index (χ2v) is 8.47. The molecule has 9 heteroatoms. The summed E-state index contributed by atoms with van der Waals surface area (Å²) in [6.45, 7) is 4.12. The van der Waals surface area contributed by atoms with Crippen LogP contribution in [0.1, 0.15) is 26.2 Å². The minimum absolute atomic E-state index is 0.162. The van der Waals surface area contributed by atoms with E-state index in [2.05, 4.69) is 36.5 Å². The molecule has 2 N–H and O–H groups in total. The second kappa shape index (κ2) is 8.63. The number of piperidine rings is 1. The lowest BCUT2D eigenvalue weighted by Crippen LogP contribution is -2.39. The van der Waals surface area contributed by atoms with Crippen LogP contribution in [-0.4, -0.2) is 49.1 Å². The molecular weight excluding hydrogens is 399 g/mol. The molecule has 6 nitrogen and oxygen atoms in total. The summed E-state index contributed by atoms with van der Waals surface area (Å²) in [5.41, 5.74) is 1.44. The van der Waals surface area contributed by atoms with Crippen LogP contribution >= 0.6 is 23.5 Å². The molecule has 3 aromatic rings. The van der Waals surface area contributed by atoms with Crippen molar-refractivity contribution in [3.63, 3.8) is 0 Å². The number of anilines is 1. The number of H-pyrrole nitrogens is 1. The Kier molecular flexibility index (Phi) is 5.99. The predicted molar refractivity (Wildman–Crippen MR) is 113 cm³/mol. The Hall–Kier alpha value is -1.90. The highest BCUT2D eigenvalue weighted by molar-refractivity contribution is 7.97. The second-order valence-electron chi connectivity index (χ2n) is 6.85. The Morgan fingerprint density at radius 1 is 1.39 bits per heavy atom. The first kappa shape index (κ1) is 19.4.